The monoisotopic (exact) mass is 406 g/mol. The smallest absolute Gasteiger partial charge is 0.222 e. The van der Waals surface area contributed by atoms with Crippen molar-refractivity contribution < 1.29 is 4.74 Å². The molecule has 9 nitrogen and oxygen atoms in total. The molecule has 0 saturated heterocycles. The van der Waals surface area contributed by atoms with E-state index in [9.17, 15) is 0 Å². The van der Waals surface area contributed by atoms with Crippen LogP contribution in [-0.4, -0.2) is 41.5 Å². The average Bonchev–Trinajstić information content (AvgIpc) is 3.30. The van der Waals surface area contributed by atoms with E-state index in [4.69, 9.17) is 14.8 Å². The van der Waals surface area contributed by atoms with Crippen molar-refractivity contribution >= 4 is 16.7 Å². The molecule has 30 heavy (non-hydrogen) atoms. The Kier molecular flexibility index (Phi) is 5.35. The van der Waals surface area contributed by atoms with Crippen LogP contribution in [0.15, 0.2) is 24.4 Å². The number of aryl methyl sites for hydroxylation is 2. The lowest BCUT2D eigenvalue weighted by molar-refractivity contribution is 0.328. The molecule has 0 aliphatic carbocycles. The third-order valence-corrected chi connectivity index (χ3v) is 4.72. The second-order valence-electron chi connectivity index (χ2n) is 7.36. The van der Waals surface area contributed by atoms with Crippen LogP contribution in [0.2, 0.25) is 0 Å². The molecule has 0 atom stereocenters. The number of hydrogen-bond donors (Lipinski definition) is 2. The maximum absolute atomic E-state index is 5.73. The van der Waals surface area contributed by atoms with E-state index in [2.05, 4.69) is 39.3 Å². The van der Waals surface area contributed by atoms with Gasteiger partial charge in [0, 0.05) is 12.2 Å². The van der Waals surface area contributed by atoms with Crippen LogP contribution in [0.4, 0.5) is 5.69 Å². The van der Waals surface area contributed by atoms with Gasteiger partial charge in [-0.15, -0.1) is 0 Å². The summed E-state index contributed by atoms with van der Waals surface area (Å²) in [6, 6.07) is 6.06. The summed E-state index contributed by atoms with van der Waals surface area (Å²) >= 11 is 0. The standard InChI is InChI=1S/C21H26N8O/c1-6-30-21-15(8-7-9-22-21)16-10-17(23-11-18-24-14(5)26-27-18)20-19(25-16)13(4)28-29(20)12(2)3/h7-10,12H,6,11H2,1-5H3,(H,23,25)(H,24,26,27). The Balaban J connectivity index is 1.86. The molecule has 0 fully saturated rings. The van der Waals surface area contributed by atoms with Crippen LogP contribution in [0, 0.1) is 13.8 Å². The Morgan fingerprint density at radius 3 is 2.77 bits per heavy atom. The minimum Gasteiger partial charge on any atom is -0.477 e. The molecule has 0 amide bonds. The molecule has 156 valence electrons. The Bertz CT molecular complexity index is 1180. The number of ether oxygens (including phenoxy) is 1. The van der Waals surface area contributed by atoms with Crippen LogP contribution in [-0.2, 0) is 6.54 Å². The molecule has 4 aromatic heterocycles. The summed E-state index contributed by atoms with van der Waals surface area (Å²) in [6.07, 6.45) is 1.72. The van der Waals surface area contributed by atoms with Gasteiger partial charge in [0.1, 0.15) is 16.9 Å². The van der Waals surface area contributed by atoms with E-state index in [1.54, 1.807) is 6.20 Å². The van der Waals surface area contributed by atoms with Crippen molar-refractivity contribution in [1.82, 2.24) is 34.9 Å². The van der Waals surface area contributed by atoms with Crippen LogP contribution in [0.1, 0.15) is 44.2 Å². The first-order valence-electron chi connectivity index (χ1n) is 10.1. The number of H-pyrrole nitrogens is 1. The Morgan fingerprint density at radius 1 is 1.23 bits per heavy atom. The van der Waals surface area contributed by atoms with Crippen LogP contribution in [0.5, 0.6) is 5.88 Å². The summed E-state index contributed by atoms with van der Waals surface area (Å²) in [5.74, 6) is 2.05. The third kappa shape index (κ3) is 3.70. The predicted octanol–water partition coefficient (Wildman–Crippen LogP) is 3.82. The van der Waals surface area contributed by atoms with E-state index in [1.165, 1.54) is 0 Å². The zero-order valence-electron chi connectivity index (χ0n) is 17.9. The highest BCUT2D eigenvalue weighted by Gasteiger charge is 2.19. The number of nitrogens with zero attached hydrogens (tertiary/aromatic N) is 6. The van der Waals surface area contributed by atoms with Crippen LogP contribution in [0.3, 0.4) is 0 Å². The van der Waals surface area contributed by atoms with Gasteiger partial charge in [-0.3, -0.25) is 9.78 Å². The lowest BCUT2D eigenvalue weighted by Crippen LogP contribution is -2.08. The molecule has 4 aromatic rings. The molecule has 0 aromatic carbocycles. The van der Waals surface area contributed by atoms with E-state index >= 15 is 0 Å². The molecular weight excluding hydrogens is 380 g/mol. The highest BCUT2D eigenvalue weighted by Crippen LogP contribution is 2.34. The number of pyridine rings is 2. The summed E-state index contributed by atoms with van der Waals surface area (Å²) in [5, 5.41) is 15.3. The van der Waals surface area contributed by atoms with Gasteiger partial charge in [-0.25, -0.2) is 15.0 Å². The second kappa shape index (κ2) is 8.10. The molecule has 2 N–H and O–H groups in total. The lowest BCUT2D eigenvalue weighted by atomic mass is 10.1. The van der Waals surface area contributed by atoms with Gasteiger partial charge in [0.2, 0.25) is 5.88 Å². The summed E-state index contributed by atoms with van der Waals surface area (Å²) in [7, 11) is 0. The van der Waals surface area contributed by atoms with Crippen molar-refractivity contribution in [3.05, 3.63) is 41.7 Å². The normalized spacial score (nSPS) is 11.4. The molecule has 9 heteroatoms. The number of nitrogens with one attached hydrogen (secondary N) is 2. The van der Waals surface area contributed by atoms with Gasteiger partial charge < -0.3 is 10.1 Å². The number of fused-ring (bicyclic) bond motifs is 1. The van der Waals surface area contributed by atoms with Crippen molar-refractivity contribution in [2.75, 3.05) is 11.9 Å². The predicted molar refractivity (Wildman–Crippen MR) is 115 cm³/mol. The summed E-state index contributed by atoms with van der Waals surface area (Å²) < 4.78 is 7.73. The number of anilines is 1. The van der Waals surface area contributed by atoms with Crippen molar-refractivity contribution in [1.29, 1.82) is 0 Å². The van der Waals surface area contributed by atoms with Crippen molar-refractivity contribution in [3.63, 3.8) is 0 Å². The second-order valence-corrected chi connectivity index (χ2v) is 7.36. The summed E-state index contributed by atoms with van der Waals surface area (Å²) in [6.45, 7) is 11.0. The van der Waals surface area contributed by atoms with E-state index in [-0.39, 0.29) is 6.04 Å². The molecule has 0 aliphatic heterocycles. The van der Waals surface area contributed by atoms with Gasteiger partial charge in [0.05, 0.1) is 35.8 Å². The van der Waals surface area contributed by atoms with Crippen LogP contribution < -0.4 is 10.1 Å². The molecule has 0 aliphatic rings. The first kappa shape index (κ1) is 19.8. The van der Waals surface area contributed by atoms with Gasteiger partial charge >= 0.3 is 0 Å². The van der Waals surface area contributed by atoms with Crippen LogP contribution >= 0.6 is 0 Å². The molecule has 0 saturated carbocycles. The Hall–Kier alpha value is -3.49. The largest absolute Gasteiger partial charge is 0.477 e. The fourth-order valence-corrected chi connectivity index (χ4v) is 3.41. The van der Waals surface area contributed by atoms with E-state index in [0.29, 0.717) is 24.9 Å². The first-order valence-corrected chi connectivity index (χ1v) is 10.1. The van der Waals surface area contributed by atoms with Crippen molar-refractivity contribution in [2.24, 2.45) is 0 Å². The van der Waals surface area contributed by atoms with Crippen molar-refractivity contribution in [3.8, 4) is 17.1 Å². The maximum Gasteiger partial charge on any atom is 0.222 e. The zero-order valence-corrected chi connectivity index (χ0v) is 17.9. The van der Waals surface area contributed by atoms with E-state index < -0.39 is 0 Å². The summed E-state index contributed by atoms with van der Waals surface area (Å²) in [4.78, 5) is 13.7. The average molecular weight is 406 g/mol. The van der Waals surface area contributed by atoms with Crippen LogP contribution in [0.25, 0.3) is 22.3 Å². The first-order chi connectivity index (χ1) is 14.5. The SMILES string of the molecule is CCOc1ncccc1-c1cc(NCc2n[nH]c(C)n2)c2c(n1)c(C)nn2C(C)C. The third-order valence-electron chi connectivity index (χ3n) is 4.72. The quantitative estimate of drug-likeness (QED) is 0.480. The number of aromatic nitrogens is 7. The lowest BCUT2D eigenvalue weighted by Gasteiger charge is -2.14. The number of rotatable bonds is 7. The number of hydrogen-bond acceptors (Lipinski definition) is 7. The topological polar surface area (TPSA) is 106 Å². The number of aromatic amines is 1. The van der Waals surface area contributed by atoms with Gasteiger partial charge in [-0.05, 0) is 52.8 Å². The fourth-order valence-electron chi connectivity index (χ4n) is 3.41. The minimum atomic E-state index is 0.192. The van der Waals surface area contributed by atoms with Gasteiger partial charge in [0.15, 0.2) is 5.82 Å². The maximum atomic E-state index is 5.73. The van der Waals surface area contributed by atoms with Crippen molar-refractivity contribution in [2.45, 2.75) is 47.2 Å². The highest BCUT2D eigenvalue weighted by molar-refractivity contribution is 5.93. The minimum absolute atomic E-state index is 0.192. The molecule has 4 rings (SSSR count). The molecular formula is C21H26N8O. The van der Waals surface area contributed by atoms with Gasteiger partial charge in [-0.2, -0.15) is 10.2 Å². The highest BCUT2D eigenvalue weighted by atomic mass is 16.5. The molecule has 4 heterocycles. The Morgan fingerprint density at radius 2 is 2.07 bits per heavy atom. The molecule has 0 spiro atoms. The van der Waals surface area contributed by atoms with Gasteiger partial charge in [-0.1, -0.05) is 0 Å². The Labute approximate surface area is 174 Å². The van der Waals surface area contributed by atoms with E-state index in [1.807, 2.05) is 43.7 Å². The fraction of sp³-hybridized carbons (Fsp3) is 0.381. The summed E-state index contributed by atoms with van der Waals surface area (Å²) in [5.41, 5.74) is 5.22. The zero-order chi connectivity index (χ0) is 21.3. The van der Waals surface area contributed by atoms with E-state index in [0.717, 1.165) is 39.5 Å². The van der Waals surface area contributed by atoms with Gasteiger partial charge in [0.25, 0.3) is 0 Å². The molecule has 0 radical (unpaired) electrons. The molecule has 0 unspecified atom stereocenters. The molecule has 0 bridgehead atoms.